The molecule has 0 aliphatic carbocycles. The zero-order chi connectivity index (χ0) is 15.1. The lowest BCUT2D eigenvalue weighted by molar-refractivity contribution is 0.122. The maximum atomic E-state index is 8.70. The number of hydrogen-bond acceptors (Lipinski definition) is 8. The molecule has 0 amide bonds. The number of aromatic nitrogens is 3. The molecule has 0 aromatic carbocycles. The molecule has 2 rings (SSSR count). The Kier molecular flexibility index (Phi) is 5.51. The molecule has 8 nitrogen and oxygen atoms in total. The molecule has 0 saturated carbocycles. The Hall–Kier alpha value is -2.14. The zero-order valence-corrected chi connectivity index (χ0v) is 12.5. The van der Waals surface area contributed by atoms with Crippen LogP contribution in [-0.4, -0.2) is 61.4 Å². The third kappa shape index (κ3) is 4.16. The molecule has 0 unspecified atom stereocenters. The highest BCUT2D eigenvalue weighted by molar-refractivity contribution is 5.45. The van der Waals surface area contributed by atoms with Crippen molar-refractivity contribution in [2.24, 2.45) is 0 Å². The fourth-order valence-corrected chi connectivity index (χ4v) is 1.98. The largest absolute Gasteiger partial charge is 0.378 e. The van der Waals surface area contributed by atoms with E-state index in [0.29, 0.717) is 44.0 Å². The second-order valence-electron chi connectivity index (χ2n) is 4.72. The standard InChI is InChI=1S/C13H21N7O/c1-3-15-11-16-12(19(2)6-4-5-14)18-13(17-11)20-7-9-21-10-8-20/h3-4,6-10H2,1-2H3,(H,15,16,17,18). The Labute approximate surface area is 124 Å². The topological polar surface area (TPSA) is 90.2 Å². The lowest BCUT2D eigenvalue weighted by Gasteiger charge is -2.27. The zero-order valence-electron chi connectivity index (χ0n) is 12.5. The van der Waals surface area contributed by atoms with Gasteiger partial charge in [0.25, 0.3) is 0 Å². The van der Waals surface area contributed by atoms with Crippen molar-refractivity contribution >= 4 is 17.8 Å². The van der Waals surface area contributed by atoms with E-state index >= 15 is 0 Å². The van der Waals surface area contributed by atoms with Gasteiger partial charge in [-0.2, -0.15) is 20.2 Å². The van der Waals surface area contributed by atoms with Crippen molar-refractivity contribution in [2.75, 3.05) is 61.6 Å². The second-order valence-corrected chi connectivity index (χ2v) is 4.72. The van der Waals surface area contributed by atoms with Crippen LogP contribution < -0.4 is 15.1 Å². The minimum Gasteiger partial charge on any atom is -0.378 e. The van der Waals surface area contributed by atoms with Crippen LogP contribution in [0.5, 0.6) is 0 Å². The number of rotatable bonds is 6. The van der Waals surface area contributed by atoms with Crippen molar-refractivity contribution in [3.8, 4) is 6.07 Å². The molecule has 2 heterocycles. The normalized spacial score (nSPS) is 14.6. The Morgan fingerprint density at radius 1 is 1.33 bits per heavy atom. The van der Waals surface area contributed by atoms with E-state index in [1.54, 1.807) is 0 Å². The highest BCUT2D eigenvalue weighted by atomic mass is 16.5. The van der Waals surface area contributed by atoms with Crippen molar-refractivity contribution in [2.45, 2.75) is 13.3 Å². The summed E-state index contributed by atoms with van der Waals surface area (Å²) in [7, 11) is 1.88. The predicted molar refractivity (Wildman–Crippen MR) is 80.5 cm³/mol. The average molecular weight is 291 g/mol. The molecule has 1 aromatic rings. The maximum Gasteiger partial charge on any atom is 0.232 e. The fourth-order valence-electron chi connectivity index (χ4n) is 1.98. The lowest BCUT2D eigenvalue weighted by Crippen LogP contribution is -2.38. The van der Waals surface area contributed by atoms with Crippen LogP contribution >= 0.6 is 0 Å². The van der Waals surface area contributed by atoms with Crippen LogP contribution in [0, 0.1) is 11.3 Å². The van der Waals surface area contributed by atoms with Gasteiger partial charge >= 0.3 is 0 Å². The second kappa shape index (κ2) is 7.59. The summed E-state index contributed by atoms with van der Waals surface area (Å²) in [6.45, 7) is 6.25. The minimum absolute atomic E-state index is 0.436. The van der Waals surface area contributed by atoms with Crippen molar-refractivity contribution in [3.63, 3.8) is 0 Å². The number of morpholine rings is 1. The summed E-state index contributed by atoms with van der Waals surface area (Å²) in [6.07, 6.45) is 0.436. The monoisotopic (exact) mass is 291 g/mol. The van der Waals surface area contributed by atoms with Gasteiger partial charge in [-0.15, -0.1) is 0 Å². The van der Waals surface area contributed by atoms with E-state index in [0.717, 1.165) is 19.6 Å². The number of ether oxygens (including phenoxy) is 1. The van der Waals surface area contributed by atoms with Gasteiger partial charge in [0.1, 0.15) is 0 Å². The summed E-state index contributed by atoms with van der Waals surface area (Å²) in [5.41, 5.74) is 0. The summed E-state index contributed by atoms with van der Waals surface area (Å²) < 4.78 is 5.35. The van der Waals surface area contributed by atoms with Gasteiger partial charge in [0.15, 0.2) is 0 Å². The van der Waals surface area contributed by atoms with Crippen LogP contribution in [0.1, 0.15) is 13.3 Å². The Balaban J connectivity index is 2.22. The van der Waals surface area contributed by atoms with Gasteiger partial charge in [-0.25, -0.2) is 0 Å². The van der Waals surface area contributed by atoms with Crippen molar-refractivity contribution in [1.29, 1.82) is 5.26 Å². The molecule has 0 radical (unpaired) electrons. The summed E-state index contributed by atoms with van der Waals surface area (Å²) in [4.78, 5) is 17.3. The highest BCUT2D eigenvalue weighted by Gasteiger charge is 2.17. The SMILES string of the molecule is CCNc1nc(N(C)CCC#N)nc(N2CCOCC2)n1. The molecule has 1 aromatic heterocycles. The first-order valence-electron chi connectivity index (χ1n) is 7.15. The smallest absolute Gasteiger partial charge is 0.232 e. The Bertz CT molecular complexity index is 496. The average Bonchev–Trinajstić information content (AvgIpc) is 2.53. The van der Waals surface area contributed by atoms with Crippen molar-refractivity contribution < 1.29 is 4.74 Å². The van der Waals surface area contributed by atoms with E-state index in [1.165, 1.54) is 0 Å². The van der Waals surface area contributed by atoms with E-state index in [4.69, 9.17) is 10.00 Å². The van der Waals surface area contributed by atoms with Crippen LogP contribution in [0.2, 0.25) is 0 Å². The first-order valence-corrected chi connectivity index (χ1v) is 7.15. The molecule has 0 bridgehead atoms. The van der Waals surface area contributed by atoms with E-state index in [9.17, 15) is 0 Å². The van der Waals surface area contributed by atoms with Crippen LogP contribution in [-0.2, 0) is 4.74 Å². The Morgan fingerprint density at radius 3 is 2.76 bits per heavy atom. The molecule has 21 heavy (non-hydrogen) atoms. The number of anilines is 3. The van der Waals surface area contributed by atoms with Gasteiger partial charge in [-0.3, -0.25) is 0 Å². The quantitative estimate of drug-likeness (QED) is 0.810. The minimum atomic E-state index is 0.436. The summed E-state index contributed by atoms with van der Waals surface area (Å²) in [6, 6.07) is 2.13. The van der Waals surface area contributed by atoms with Gasteiger partial charge < -0.3 is 19.9 Å². The predicted octanol–water partition coefficient (Wildman–Crippen LogP) is 0.490. The Morgan fingerprint density at radius 2 is 2.10 bits per heavy atom. The van der Waals surface area contributed by atoms with E-state index in [-0.39, 0.29) is 0 Å². The molecule has 1 saturated heterocycles. The maximum absolute atomic E-state index is 8.70. The molecule has 1 N–H and O–H groups in total. The van der Waals surface area contributed by atoms with Gasteiger partial charge in [0, 0.05) is 33.2 Å². The van der Waals surface area contributed by atoms with Gasteiger partial charge in [-0.1, -0.05) is 0 Å². The fraction of sp³-hybridized carbons (Fsp3) is 0.692. The van der Waals surface area contributed by atoms with Crippen LogP contribution in [0.4, 0.5) is 17.8 Å². The molecule has 8 heteroatoms. The summed E-state index contributed by atoms with van der Waals surface area (Å²) >= 11 is 0. The highest BCUT2D eigenvalue weighted by Crippen LogP contribution is 2.17. The lowest BCUT2D eigenvalue weighted by atomic mass is 10.4. The first kappa shape index (κ1) is 15.3. The van der Waals surface area contributed by atoms with Crippen LogP contribution in [0.25, 0.3) is 0 Å². The molecular weight excluding hydrogens is 270 g/mol. The molecule has 0 spiro atoms. The molecule has 1 fully saturated rings. The van der Waals surface area contributed by atoms with Crippen molar-refractivity contribution in [3.05, 3.63) is 0 Å². The molecule has 1 aliphatic heterocycles. The molecular formula is C13H21N7O. The summed E-state index contributed by atoms with van der Waals surface area (Å²) in [5.74, 6) is 1.80. The van der Waals surface area contributed by atoms with Gasteiger partial charge in [-0.05, 0) is 6.92 Å². The first-order chi connectivity index (χ1) is 10.2. The molecule has 1 aliphatic rings. The number of nitriles is 1. The third-order valence-corrected chi connectivity index (χ3v) is 3.14. The van der Waals surface area contributed by atoms with Crippen molar-refractivity contribution in [1.82, 2.24) is 15.0 Å². The number of hydrogen-bond donors (Lipinski definition) is 1. The van der Waals surface area contributed by atoms with Crippen LogP contribution in [0.3, 0.4) is 0 Å². The summed E-state index contributed by atoms with van der Waals surface area (Å²) in [5, 5.41) is 11.8. The van der Waals surface area contributed by atoms with E-state index in [1.807, 2.05) is 18.9 Å². The molecule has 114 valence electrons. The van der Waals surface area contributed by atoms with Crippen LogP contribution in [0.15, 0.2) is 0 Å². The third-order valence-electron chi connectivity index (χ3n) is 3.14. The van der Waals surface area contributed by atoms with Gasteiger partial charge in [0.2, 0.25) is 17.8 Å². The number of nitrogens with zero attached hydrogens (tertiary/aromatic N) is 6. The van der Waals surface area contributed by atoms with E-state index < -0.39 is 0 Å². The number of nitrogens with one attached hydrogen (secondary N) is 1. The van der Waals surface area contributed by atoms with E-state index in [2.05, 4.69) is 31.2 Å². The van der Waals surface area contributed by atoms with Gasteiger partial charge in [0.05, 0.1) is 25.7 Å². The molecule has 0 atom stereocenters.